The summed E-state index contributed by atoms with van der Waals surface area (Å²) in [5.74, 6) is 0.180. The average molecular weight is 1890 g/mol. The second kappa shape index (κ2) is 50.1. The number of urea groups is 1. The molecule has 1 saturated heterocycles. The first-order valence-corrected chi connectivity index (χ1v) is 48.2. The molecule has 12 amide bonds. The third kappa shape index (κ3) is 27.4. The van der Waals surface area contributed by atoms with Crippen LogP contribution >= 0.6 is 0 Å². The molecule has 0 bridgehead atoms. The van der Waals surface area contributed by atoms with E-state index in [2.05, 4.69) is 78.9 Å². The third-order valence-electron chi connectivity index (χ3n) is 28.4. The maximum absolute atomic E-state index is 15.0. The second-order valence-corrected chi connectivity index (χ2v) is 38.2. The third-order valence-corrected chi connectivity index (χ3v) is 28.4. The zero-order valence-corrected chi connectivity index (χ0v) is 79.2. The number of aliphatic hydroxyl groups excluding tert-OH is 5. The average Bonchev–Trinajstić information content (AvgIpc) is 0.716. The van der Waals surface area contributed by atoms with Gasteiger partial charge in [-0.2, -0.15) is 0 Å². The molecule has 0 radical (unpaired) electrons. The van der Waals surface area contributed by atoms with Gasteiger partial charge in [0.2, 0.25) is 59.1 Å². The molecule has 0 spiro atoms. The van der Waals surface area contributed by atoms with Gasteiger partial charge >= 0.3 is 6.03 Å². The van der Waals surface area contributed by atoms with Crippen molar-refractivity contribution in [2.24, 2.45) is 40.1 Å². The number of benzene rings is 4. The van der Waals surface area contributed by atoms with Crippen molar-refractivity contribution in [2.45, 2.75) is 268 Å². The van der Waals surface area contributed by atoms with E-state index in [0.717, 1.165) is 71.9 Å². The number of aryl methyl sites for hydroxylation is 2. The van der Waals surface area contributed by atoms with Crippen molar-refractivity contribution in [3.8, 4) is 17.6 Å². The Morgan fingerprint density at radius 2 is 1.13 bits per heavy atom. The maximum Gasteiger partial charge on any atom is 0.312 e. The highest BCUT2D eigenvalue weighted by Crippen LogP contribution is 2.60. The van der Waals surface area contributed by atoms with Gasteiger partial charge in [0.05, 0.1) is 101 Å². The number of rotatable bonds is 46. The zero-order valence-electron chi connectivity index (χ0n) is 79.2. The van der Waals surface area contributed by atoms with Gasteiger partial charge in [-0.25, -0.2) is 4.79 Å². The normalized spacial score (nSPS) is 24.7. The van der Waals surface area contributed by atoms with E-state index in [1.54, 1.807) is 30.9 Å². The molecule has 36 nitrogen and oxygen atoms in total. The number of aromatic hydroxyl groups is 1. The number of phenolic OH excluding ortho intramolecular Hbond substituents is 1. The van der Waals surface area contributed by atoms with E-state index in [-0.39, 0.29) is 176 Å². The molecule has 3 fully saturated rings. The summed E-state index contributed by atoms with van der Waals surface area (Å²) >= 11 is 0. The number of amides is 12. The Morgan fingerprint density at radius 3 is 1.79 bits per heavy atom. The number of phenols is 1. The van der Waals surface area contributed by atoms with Gasteiger partial charge in [-0.05, 0) is 202 Å². The summed E-state index contributed by atoms with van der Waals surface area (Å²) in [7, 11) is 0. The number of carbonyl (C=O) groups excluding carboxylic acids is 11. The Hall–Kier alpha value is -10.7. The van der Waals surface area contributed by atoms with Crippen LogP contribution in [0.3, 0.4) is 0 Å². The molecule has 744 valence electrons. The van der Waals surface area contributed by atoms with Crippen molar-refractivity contribution in [1.29, 1.82) is 0 Å². The van der Waals surface area contributed by atoms with Gasteiger partial charge in [-0.1, -0.05) is 122 Å². The number of aliphatic hydroxyl groups is 5. The maximum atomic E-state index is 15.0. The predicted molar refractivity (Wildman–Crippen MR) is 503 cm³/mol. The number of nitrogens with zero attached hydrogens (tertiary/aromatic N) is 1. The van der Waals surface area contributed by atoms with Crippen LogP contribution < -0.4 is 69.5 Å². The Morgan fingerprint density at radius 1 is 0.544 bits per heavy atom. The van der Waals surface area contributed by atoms with Gasteiger partial charge in [-0.15, -0.1) is 0 Å². The Bertz CT molecular complexity index is 4930. The van der Waals surface area contributed by atoms with E-state index in [1.165, 1.54) is 5.56 Å². The quantitative estimate of drug-likeness (QED) is 0.0167. The summed E-state index contributed by atoms with van der Waals surface area (Å²) in [5, 5.41) is 90.6. The van der Waals surface area contributed by atoms with Crippen molar-refractivity contribution >= 4 is 76.5 Å². The number of nitrogens with one attached hydrogen (secondary N) is 10. The van der Waals surface area contributed by atoms with Crippen LogP contribution in [0.4, 0.5) is 16.2 Å². The van der Waals surface area contributed by atoms with E-state index in [1.807, 2.05) is 86.6 Å². The summed E-state index contributed by atoms with van der Waals surface area (Å²) in [4.78, 5) is 155. The minimum atomic E-state index is -1.63. The first-order valence-electron chi connectivity index (χ1n) is 48.2. The standard InChI is InChI=1S/C100H141N13O23/c1-61(2)85(92(127)108-73(24-16-45-105-96(102)130)89(124)109-74(58-114)91(126)106-67-33-29-63-31-35-78-97(3,69(63)55-67)40-17-42-99(78,5)94(128)112-95(129)100(6)43-18-41-98(4)70-56-68(116)34-30-64(70)32-36-79(98)100)111-90(125)72(23-14-15-44-103-82(119)60-135-76-26-9-7-8-22-71(84(76)101)110-93-88(123)87(122)86(121)77(59-115)136-93)107-81(118)39-47-131-49-51-133-53-54-134-52-50-132-48-46-104-80(117)37-38-83(120)113-57-66-21-11-10-19-62(66)27-28-65-20-12-13-25-75(65)113/h10-13,19-21,25,29-30,33-34,55-56,61,72-74,76-79,85-88,93,110,114-116,121-123H,7-9,14-18,22-24,26,31-32,35-54,57-60,101H2,1-6H3,(H,103,119)(H,104,117)(H,106,126)(H,107,118)(H,108,127)(H,109,124)(H,111,125)(H3,102,105,130)(H,112,128,129)/t72-,73+,74?,76?,77-,78-,79-,85+,86+,87+,88-,93-,97-,98-,99+,100+/m1/s1. The fraction of sp³-hybridized carbons (Fsp3) is 0.610. The van der Waals surface area contributed by atoms with E-state index in [0.29, 0.717) is 81.4 Å². The summed E-state index contributed by atoms with van der Waals surface area (Å²) in [6.45, 7) is 11.6. The van der Waals surface area contributed by atoms with Crippen molar-refractivity contribution in [3.05, 3.63) is 135 Å². The van der Waals surface area contributed by atoms with Gasteiger partial charge in [0.1, 0.15) is 60.9 Å². The van der Waals surface area contributed by atoms with Crippen molar-refractivity contribution in [3.63, 3.8) is 0 Å². The number of ether oxygens (including phenoxy) is 6. The molecule has 136 heavy (non-hydrogen) atoms. The minimum absolute atomic E-state index is 0.0000555. The molecule has 4 aromatic rings. The molecular weight excluding hydrogens is 1750 g/mol. The molecule has 5 aliphatic carbocycles. The highest BCUT2D eigenvalue weighted by Gasteiger charge is 2.59. The molecule has 7 aliphatic rings. The minimum Gasteiger partial charge on any atom is -0.508 e. The molecule has 20 N–H and O–H groups in total. The van der Waals surface area contributed by atoms with Crippen molar-refractivity contribution < 1.29 is 112 Å². The summed E-state index contributed by atoms with van der Waals surface area (Å²) in [6.07, 6.45) is 2.42. The number of imide groups is 1. The van der Waals surface area contributed by atoms with Gasteiger partial charge < -0.3 is 123 Å². The van der Waals surface area contributed by atoms with E-state index < -0.39 is 144 Å². The number of allylic oxidation sites excluding steroid dienone is 1. The fourth-order valence-corrected chi connectivity index (χ4v) is 20.8. The Kier molecular flexibility index (Phi) is 38.9. The largest absolute Gasteiger partial charge is 0.508 e. The SMILES string of the molecule is CC(C)[C@H](NC(=O)[C@@H](CCCCNC(=O)COC1CCCCCC(N[C@@H]2O[C@H](CO)[C@H](O)[C@H](O)[C@H]2O)=C1N)NC(=O)CCOCCOCCOCCOCCNC(=O)CCC(=O)N1Cc2ccccc2C#Cc2ccccc21)C(=O)N[C@@H](CCCNC(N)=O)C(=O)NC(CO)C(=O)Nc1ccc2c(c1)[C@@]1(C)CCC[C@](C)(C(=O)NC(=O)[C@@]3(C)CCC[C@]4(C)c5cc(O)ccc5CC[C@@H]34)[C@@H]1CC2. The number of nitrogens with two attached hydrogens (primary N) is 2. The lowest BCUT2D eigenvalue weighted by Gasteiger charge is -2.56. The smallest absolute Gasteiger partial charge is 0.312 e. The topological polar surface area (TPSA) is 540 Å². The molecule has 4 aromatic carbocycles. The first kappa shape index (κ1) is 106. The van der Waals surface area contributed by atoms with Gasteiger partial charge in [0.25, 0.3) is 0 Å². The molecule has 36 heteroatoms. The van der Waals surface area contributed by atoms with Gasteiger partial charge in [0.15, 0.2) is 6.23 Å². The number of para-hydroxylation sites is 1. The van der Waals surface area contributed by atoms with Crippen LogP contribution in [0.25, 0.3) is 0 Å². The molecule has 2 aliphatic heterocycles. The number of fused-ring (bicyclic) bond motifs is 8. The molecular formula is C100H141N13O23. The predicted octanol–water partition coefficient (Wildman–Crippen LogP) is 4.23. The number of hydrogen-bond donors (Lipinski definition) is 18. The van der Waals surface area contributed by atoms with Crippen molar-refractivity contribution in [1.82, 2.24) is 47.9 Å². The fourth-order valence-electron chi connectivity index (χ4n) is 20.8. The van der Waals surface area contributed by atoms with Crippen LogP contribution in [0, 0.1) is 40.4 Å². The summed E-state index contributed by atoms with van der Waals surface area (Å²) in [6, 6.07) is 19.7. The lowest BCUT2D eigenvalue weighted by atomic mass is 9.49. The van der Waals surface area contributed by atoms with E-state index >= 15 is 4.79 Å². The summed E-state index contributed by atoms with van der Waals surface area (Å²) < 4.78 is 34.4. The molecule has 11 rings (SSSR count). The highest BCUT2D eigenvalue weighted by atomic mass is 16.6. The number of unbranched alkanes of at least 4 members (excludes halogenated alkanes) is 1. The number of anilines is 2. The van der Waals surface area contributed by atoms with E-state index in [9.17, 15) is 78.6 Å². The molecule has 2 saturated carbocycles. The van der Waals surface area contributed by atoms with Crippen LogP contribution in [0.1, 0.15) is 215 Å². The Balaban J connectivity index is 0.657. The number of carbonyl (C=O) groups is 11. The van der Waals surface area contributed by atoms with Crippen LogP contribution in [0.5, 0.6) is 5.75 Å². The van der Waals surface area contributed by atoms with Crippen LogP contribution in [-0.4, -0.2) is 249 Å². The number of primary amides is 1. The summed E-state index contributed by atoms with van der Waals surface area (Å²) in [5.41, 5.74) is 17.7. The van der Waals surface area contributed by atoms with Crippen molar-refractivity contribution in [2.75, 3.05) is 103 Å². The number of hydrogen-bond acceptors (Lipinski definition) is 25. The van der Waals surface area contributed by atoms with Gasteiger partial charge in [0, 0.05) is 61.4 Å². The molecule has 16 atom stereocenters. The lowest BCUT2D eigenvalue weighted by Crippen LogP contribution is -2.62. The Labute approximate surface area is 795 Å². The second-order valence-electron chi connectivity index (χ2n) is 38.2. The molecule has 0 aromatic heterocycles. The van der Waals surface area contributed by atoms with Crippen LogP contribution in [-0.2, 0) is 107 Å². The first-order chi connectivity index (χ1) is 65.2. The molecule has 2 unspecified atom stereocenters. The zero-order chi connectivity index (χ0) is 97.9. The van der Waals surface area contributed by atoms with Crippen LogP contribution in [0.15, 0.2) is 96.3 Å². The monoisotopic (exact) mass is 1890 g/mol. The molecule has 2 heterocycles. The van der Waals surface area contributed by atoms with Gasteiger partial charge in [-0.3, -0.25) is 53.3 Å². The van der Waals surface area contributed by atoms with Crippen LogP contribution in [0.2, 0.25) is 0 Å². The lowest BCUT2D eigenvalue weighted by molar-refractivity contribution is -0.234. The highest BCUT2D eigenvalue weighted by molar-refractivity contribution is 6.02. The van der Waals surface area contributed by atoms with E-state index in [4.69, 9.17) is 39.9 Å².